The molecule has 0 bridgehead atoms. The molecule has 1 aromatic heterocycles. The van der Waals surface area contributed by atoms with E-state index in [2.05, 4.69) is 15.0 Å². The Bertz CT molecular complexity index is 427. The van der Waals surface area contributed by atoms with Crippen LogP contribution in [0, 0.1) is 0 Å². The molecule has 7 heteroatoms. The maximum Gasteiger partial charge on any atom is 0.301 e. The first-order chi connectivity index (χ1) is 7.45. The van der Waals surface area contributed by atoms with Crippen molar-refractivity contribution in [2.45, 2.75) is 6.92 Å². The molecule has 6 nitrogen and oxygen atoms in total. The van der Waals surface area contributed by atoms with Gasteiger partial charge in [-0.05, 0) is 19.1 Å². The zero-order chi connectivity index (χ0) is 12.2. The van der Waals surface area contributed by atoms with Crippen molar-refractivity contribution in [3.8, 4) is 0 Å². The van der Waals surface area contributed by atoms with Crippen LogP contribution in [-0.4, -0.2) is 38.3 Å². The van der Waals surface area contributed by atoms with Crippen LogP contribution in [0.25, 0.3) is 0 Å². The Balaban J connectivity index is 2.76. The predicted molar refractivity (Wildman–Crippen MR) is 64.6 cm³/mol. The summed E-state index contributed by atoms with van der Waals surface area (Å²) in [6.45, 7) is 2.74. The van der Waals surface area contributed by atoms with Crippen molar-refractivity contribution in [3.63, 3.8) is 0 Å². The molecule has 0 aromatic carbocycles. The topological polar surface area (TPSA) is 74.3 Å². The van der Waals surface area contributed by atoms with E-state index in [9.17, 15) is 8.42 Å². The second-order valence-corrected chi connectivity index (χ2v) is 5.24. The summed E-state index contributed by atoms with van der Waals surface area (Å²) in [5.74, 6) is 0.718. The van der Waals surface area contributed by atoms with E-state index in [0.29, 0.717) is 5.69 Å². The van der Waals surface area contributed by atoms with Crippen molar-refractivity contribution in [2.24, 2.45) is 0 Å². The average molecular weight is 244 g/mol. The molecule has 1 rings (SSSR count). The zero-order valence-electron chi connectivity index (χ0n) is 9.56. The standard InChI is InChI=1S/C9H16N4O2S/c1-4-10-9-6-5-8(7-11-9)12-16(14,15)13(2)3/h5-7,12H,4H2,1-3H3,(H,10,11). The molecule has 0 spiro atoms. The SMILES string of the molecule is CCNc1ccc(NS(=O)(=O)N(C)C)cn1. The first-order valence-corrected chi connectivity index (χ1v) is 6.30. The Morgan fingerprint density at radius 2 is 2.06 bits per heavy atom. The molecule has 0 fully saturated rings. The van der Waals surface area contributed by atoms with E-state index in [1.165, 1.54) is 20.3 Å². The molecule has 0 unspecified atom stereocenters. The fourth-order valence-corrected chi connectivity index (χ4v) is 1.58. The van der Waals surface area contributed by atoms with Crippen LogP contribution in [0.1, 0.15) is 6.92 Å². The highest BCUT2D eigenvalue weighted by molar-refractivity contribution is 7.90. The fraction of sp³-hybridized carbons (Fsp3) is 0.444. The van der Waals surface area contributed by atoms with Crippen LogP contribution in [0.4, 0.5) is 11.5 Å². The first-order valence-electron chi connectivity index (χ1n) is 4.86. The van der Waals surface area contributed by atoms with Crippen molar-refractivity contribution >= 4 is 21.7 Å². The van der Waals surface area contributed by atoms with Gasteiger partial charge in [0.1, 0.15) is 5.82 Å². The highest BCUT2D eigenvalue weighted by Crippen LogP contribution is 2.11. The van der Waals surface area contributed by atoms with Gasteiger partial charge in [-0.3, -0.25) is 4.72 Å². The molecule has 0 radical (unpaired) electrons. The van der Waals surface area contributed by atoms with Gasteiger partial charge in [-0.15, -0.1) is 0 Å². The molecule has 0 aliphatic carbocycles. The van der Waals surface area contributed by atoms with Gasteiger partial charge in [0.15, 0.2) is 0 Å². The summed E-state index contributed by atoms with van der Waals surface area (Å²) in [6.07, 6.45) is 1.47. The molecular weight excluding hydrogens is 228 g/mol. The second kappa shape index (κ2) is 5.13. The van der Waals surface area contributed by atoms with Crippen LogP contribution in [-0.2, 0) is 10.2 Å². The van der Waals surface area contributed by atoms with Crippen molar-refractivity contribution in [1.82, 2.24) is 9.29 Å². The smallest absolute Gasteiger partial charge is 0.301 e. The Morgan fingerprint density at radius 1 is 1.38 bits per heavy atom. The molecule has 2 N–H and O–H groups in total. The Hall–Kier alpha value is -1.34. The average Bonchev–Trinajstić information content (AvgIpc) is 2.21. The fourth-order valence-electron chi connectivity index (χ4n) is 0.980. The lowest BCUT2D eigenvalue weighted by atomic mass is 10.4. The summed E-state index contributed by atoms with van der Waals surface area (Å²) < 4.78 is 26.5. The second-order valence-electron chi connectivity index (χ2n) is 3.35. The summed E-state index contributed by atoms with van der Waals surface area (Å²) in [6, 6.07) is 3.38. The molecule has 1 aromatic rings. The largest absolute Gasteiger partial charge is 0.370 e. The number of anilines is 2. The van der Waals surface area contributed by atoms with E-state index in [-0.39, 0.29) is 0 Å². The van der Waals surface area contributed by atoms with E-state index in [4.69, 9.17) is 0 Å². The molecular formula is C9H16N4O2S. The number of hydrogen-bond acceptors (Lipinski definition) is 4. The van der Waals surface area contributed by atoms with E-state index >= 15 is 0 Å². The minimum absolute atomic E-state index is 0.440. The first kappa shape index (κ1) is 12.7. The zero-order valence-corrected chi connectivity index (χ0v) is 10.4. The van der Waals surface area contributed by atoms with Crippen molar-refractivity contribution in [2.75, 3.05) is 30.7 Å². The maximum absolute atomic E-state index is 11.5. The highest BCUT2D eigenvalue weighted by Gasteiger charge is 2.12. The van der Waals surface area contributed by atoms with Crippen molar-refractivity contribution in [1.29, 1.82) is 0 Å². The number of aromatic nitrogens is 1. The van der Waals surface area contributed by atoms with Gasteiger partial charge < -0.3 is 5.32 Å². The normalized spacial score (nSPS) is 11.5. The van der Waals surface area contributed by atoms with Gasteiger partial charge in [0, 0.05) is 20.6 Å². The van der Waals surface area contributed by atoms with Gasteiger partial charge in [-0.25, -0.2) is 4.98 Å². The molecule has 16 heavy (non-hydrogen) atoms. The number of rotatable bonds is 5. The summed E-state index contributed by atoms with van der Waals surface area (Å²) in [7, 11) is -0.531. The summed E-state index contributed by atoms with van der Waals surface area (Å²) >= 11 is 0. The number of nitrogens with zero attached hydrogens (tertiary/aromatic N) is 2. The van der Waals surface area contributed by atoms with Gasteiger partial charge in [-0.1, -0.05) is 0 Å². The van der Waals surface area contributed by atoms with Crippen molar-refractivity contribution in [3.05, 3.63) is 18.3 Å². The van der Waals surface area contributed by atoms with Gasteiger partial charge in [-0.2, -0.15) is 12.7 Å². The quantitative estimate of drug-likeness (QED) is 0.801. The van der Waals surface area contributed by atoms with Crippen LogP contribution >= 0.6 is 0 Å². The third kappa shape index (κ3) is 3.35. The molecule has 0 aliphatic rings. The van der Waals surface area contributed by atoms with Crippen molar-refractivity contribution < 1.29 is 8.42 Å². The third-order valence-corrected chi connectivity index (χ3v) is 3.30. The number of hydrogen-bond donors (Lipinski definition) is 2. The minimum Gasteiger partial charge on any atom is -0.370 e. The minimum atomic E-state index is -3.45. The van der Waals surface area contributed by atoms with Crippen LogP contribution in [0.15, 0.2) is 18.3 Å². The Morgan fingerprint density at radius 3 is 2.50 bits per heavy atom. The number of pyridine rings is 1. The lowest BCUT2D eigenvalue weighted by Gasteiger charge is -2.13. The molecule has 0 atom stereocenters. The highest BCUT2D eigenvalue weighted by atomic mass is 32.2. The molecule has 1 heterocycles. The van der Waals surface area contributed by atoms with Gasteiger partial charge in [0.2, 0.25) is 0 Å². The molecule has 0 saturated carbocycles. The van der Waals surface area contributed by atoms with Crippen LogP contribution in [0.3, 0.4) is 0 Å². The Kier molecular flexibility index (Phi) is 4.08. The third-order valence-electron chi connectivity index (χ3n) is 1.85. The van der Waals surface area contributed by atoms with Gasteiger partial charge in [0.25, 0.3) is 0 Å². The van der Waals surface area contributed by atoms with Gasteiger partial charge >= 0.3 is 10.2 Å². The monoisotopic (exact) mass is 244 g/mol. The number of nitrogens with one attached hydrogen (secondary N) is 2. The molecule has 0 aliphatic heterocycles. The summed E-state index contributed by atoms with van der Waals surface area (Å²) in [5, 5.41) is 3.02. The maximum atomic E-state index is 11.5. The van der Waals surface area contributed by atoms with Crippen LogP contribution in [0.2, 0.25) is 0 Å². The van der Waals surface area contributed by atoms with E-state index in [1.54, 1.807) is 12.1 Å². The lowest BCUT2D eigenvalue weighted by molar-refractivity contribution is 0.527. The van der Waals surface area contributed by atoms with Crippen LogP contribution < -0.4 is 10.0 Å². The molecule has 0 amide bonds. The summed E-state index contributed by atoms with van der Waals surface area (Å²) in [4.78, 5) is 4.06. The van der Waals surface area contributed by atoms with Gasteiger partial charge in [0.05, 0.1) is 11.9 Å². The molecule has 90 valence electrons. The predicted octanol–water partition coefficient (Wildman–Crippen LogP) is 0.732. The van der Waals surface area contributed by atoms with Crippen LogP contribution in [0.5, 0.6) is 0 Å². The lowest BCUT2D eigenvalue weighted by Crippen LogP contribution is -2.28. The van der Waals surface area contributed by atoms with E-state index < -0.39 is 10.2 Å². The Labute approximate surface area is 95.9 Å². The summed E-state index contributed by atoms with van der Waals surface area (Å²) in [5.41, 5.74) is 0.440. The van der Waals surface area contributed by atoms with E-state index in [1.807, 2.05) is 6.92 Å². The van der Waals surface area contributed by atoms with E-state index in [0.717, 1.165) is 16.7 Å². The molecule has 0 saturated heterocycles.